The number of hydrogen-bond donors (Lipinski definition) is 0. The van der Waals surface area contributed by atoms with E-state index in [9.17, 15) is 0 Å². The summed E-state index contributed by atoms with van der Waals surface area (Å²) in [7, 11) is 4.54. The maximum atomic E-state index is 6.41. The van der Waals surface area contributed by atoms with Gasteiger partial charge in [-0.1, -0.05) is 20.8 Å². The minimum absolute atomic E-state index is 0.118. The van der Waals surface area contributed by atoms with E-state index in [-0.39, 0.29) is 17.4 Å². The molecule has 5 nitrogen and oxygen atoms in total. The van der Waals surface area contributed by atoms with E-state index in [0.717, 1.165) is 0 Å². The van der Waals surface area contributed by atoms with E-state index in [4.69, 9.17) is 23.4 Å². The highest BCUT2D eigenvalue weighted by atomic mass is 28.4. The van der Waals surface area contributed by atoms with Crippen LogP contribution in [0.5, 0.6) is 0 Å². The predicted octanol–water partition coefficient (Wildman–Crippen LogP) is 3.00. The molecular weight excluding hydrogens is 276 g/mol. The Morgan fingerprint density at radius 3 is 1.60 bits per heavy atom. The van der Waals surface area contributed by atoms with Crippen LogP contribution in [-0.4, -0.2) is 55.4 Å². The highest BCUT2D eigenvalue weighted by molar-refractivity contribution is 6.74. The van der Waals surface area contributed by atoms with Crippen LogP contribution in [0.15, 0.2) is 0 Å². The minimum atomic E-state index is -1.93. The van der Waals surface area contributed by atoms with Crippen molar-refractivity contribution in [2.45, 2.75) is 64.0 Å². The Kier molecular flexibility index (Phi) is 8.46. The SMILES string of the molecule is COC(C[C@@H](O[Si](C)(C)C(C)(C)C)C(OC)OC)OC. The van der Waals surface area contributed by atoms with Crippen molar-refractivity contribution in [1.29, 1.82) is 0 Å². The van der Waals surface area contributed by atoms with E-state index in [1.165, 1.54) is 0 Å². The van der Waals surface area contributed by atoms with E-state index >= 15 is 0 Å². The number of ether oxygens (including phenoxy) is 4. The van der Waals surface area contributed by atoms with Gasteiger partial charge >= 0.3 is 0 Å². The summed E-state index contributed by atoms with van der Waals surface area (Å²) in [5.41, 5.74) is 0. The Labute approximate surface area is 125 Å². The summed E-state index contributed by atoms with van der Waals surface area (Å²) in [4.78, 5) is 0. The van der Waals surface area contributed by atoms with Crippen molar-refractivity contribution < 1.29 is 23.4 Å². The Morgan fingerprint density at radius 2 is 1.30 bits per heavy atom. The van der Waals surface area contributed by atoms with Crippen LogP contribution in [0.2, 0.25) is 18.1 Å². The van der Waals surface area contributed by atoms with E-state index < -0.39 is 14.6 Å². The first-order valence-corrected chi connectivity index (χ1v) is 9.82. The summed E-state index contributed by atoms with van der Waals surface area (Å²) in [5, 5.41) is 0.118. The fourth-order valence-corrected chi connectivity index (χ4v) is 2.97. The first-order valence-electron chi connectivity index (χ1n) is 6.92. The fourth-order valence-electron chi connectivity index (χ4n) is 1.65. The van der Waals surface area contributed by atoms with Gasteiger partial charge in [0.05, 0.1) is 0 Å². The molecule has 0 amide bonds. The molecule has 0 N–H and O–H groups in total. The van der Waals surface area contributed by atoms with E-state index in [2.05, 4.69) is 33.9 Å². The van der Waals surface area contributed by atoms with Crippen LogP contribution >= 0.6 is 0 Å². The second-order valence-corrected chi connectivity index (χ2v) is 11.1. The van der Waals surface area contributed by atoms with Crippen molar-refractivity contribution in [3.8, 4) is 0 Å². The molecule has 20 heavy (non-hydrogen) atoms. The quantitative estimate of drug-likeness (QED) is 0.484. The zero-order valence-corrected chi connectivity index (χ0v) is 15.5. The van der Waals surface area contributed by atoms with Gasteiger partial charge in [0.15, 0.2) is 20.9 Å². The lowest BCUT2D eigenvalue weighted by Gasteiger charge is -2.41. The van der Waals surface area contributed by atoms with Crippen molar-refractivity contribution in [1.82, 2.24) is 0 Å². The molecule has 0 aromatic carbocycles. The van der Waals surface area contributed by atoms with Gasteiger partial charge in [0.2, 0.25) is 0 Å². The van der Waals surface area contributed by atoms with Gasteiger partial charge in [-0.05, 0) is 18.1 Å². The molecule has 122 valence electrons. The van der Waals surface area contributed by atoms with Gasteiger partial charge in [0, 0.05) is 34.9 Å². The van der Waals surface area contributed by atoms with Gasteiger partial charge in [-0.25, -0.2) is 0 Å². The summed E-state index contributed by atoms with van der Waals surface area (Å²) in [5.74, 6) is 0. The average molecular weight is 308 g/mol. The molecule has 0 radical (unpaired) electrons. The molecule has 1 atom stereocenters. The molecule has 0 spiro atoms. The fraction of sp³-hybridized carbons (Fsp3) is 1.00. The monoisotopic (exact) mass is 308 g/mol. The lowest BCUT2D eigenvalue weighted by atomic mass is 10.2. The normalized spacial score (nSPS) is 15.2. The predicted molar refractivity (Wildman–Crippen MR) is 82.3 cm³/mol. The maximum absolute atomic E-state index is 6.41. The molecule has 0 aromatic heterocycles. The summed E-state index contributed by atoms with van der Waals surface area (Å²) in [6, 6.07) is 0. The van der Waals surface area contributed by atoms with Crippen LogP contribution in [0, 0.1) is 0 Å². The van der Waals surface area contributed by atoms with Gasteiger partial charge in [-0.2, -0.15) is 0 Å². The maximum Gasteiger partial charge on any atom is 0.192 e. The third-order valence-corrected chi connectivity index (χ3v) is 8.48. The first-order chi connectivity index (χ1) is 9.12. The van der Waals surface area contributed by atoms with Crippen LogP contribution in [0.25, 0.3) is 0 Å². The lowest BCUT2D eigenvalue weighted by Crippen LogP contribution is -2.49. The second kappa shape index (κ2) is 8.46. The number of rotatable bonds is 9. The van der Waals surface area contributed by atoms with Gasteiger partial charge in [0.25, 0.3) is 0 Å². The van der Waals surface area contributed by atoms with Crippen LogP contribution in [0.4, 0.5) is 0 Å². The smallest absolute Gasteiger partial charge is 0.192 e. The summed E-state index contributed by atoms with van der Waals surface area (Å²) >= 11 is 0. The third-order valence-electron chi connectivity index (χ3n) is 3.97. The van der Waals surface area contributed by atoms with Gasteiger partial charge < -0.3 is 23.4 Å². The molecule has 0 bridgehead atoms. The highest BCUT2D eigenvalue weighted by Crippen LogP contribution is 2.38. The summed E-state index contributed by atoms with van der Waals surface area (Å²) in [6.07, 6.45) is -0.434. The standard InChI is InChI=1S/C14H32O5Si/c1-14(2,3)20(8,9)19-11(13(17-6)18-7)10-12(15-4)16-5/h11-13H,10H2,1-9H3/t11-/m1/s1. The Morgan fingerprint density at radius 1 is 0.850 bits per heavy atom. The Bertz CT molecular complexity index is 257. The molecule has 0 saturated carbocycles. The average Bonchev–Trinajstić information content (AvgIpc) is 2.35. The lowest BCUT2D eigenvalue weighted by molar-refractivity contribution is -0.190. The largest absolute Gasteiger partial charge is 0.409 e. The van der Waals surface area contributed by atoms with Crippen LogP contribution in [0.1, 0.15) is 27.2 Å². The molecule has 6 heteroatoms. The van der Waals surface area contributed by atoms with Crippen LogP contribution < -0.4 is 0 Å². The van der Waals surface area contributed by atoms with Crippen molar-refractivity contribution in [3.05, 3.63) is 0 Å². The Hall–Kier alpha value is 0.0169. The van der Waals surface area contributed by atoms with Gasteiger partial charge in [-0.15, -0.1) is 0 Å². The van der Waals surface area contributed by atoms with Crippen molar-refractivity contribution >= 4 is 8.32 Å². The molecule has 0 aliphatic carbocycles. The molecule has 0 aromatic rings. The zero-order valence-electron chi connectivity index (χ0n) is 14.5. The topological polar surface area (TPSA) is 46.2 Å². The minimum Gasteiger partial charge on any atom is -0.409 e. The van der Waals surface area contributed by atoms with E-state index in [1.54, 1.807) is 28.4 Å². The Balaban J connectivity index is 5.03. The highest BCUT2D eigenvalue weighted by Gasteiger charge is 2.41. The van der Waals surface area contributed by atoms with Crippen molar-refractivity contribution in [3.63, 3.8) is 0 Å². The van der Waals surface area contributed by atoms with Crippen LogP contribution in [0.3, 0.4) is 0 Å². The molecule has 0 unspecified atom stereocenters. The molecule has 0 heterocycles. The third kappa shape index (κ3) is 5.79. The zero-order chi connectivity index (χ0) is 16.0. The van der Waals surface area contributed by atoms with Crippen LogP contribution in [-0.2, 0) is 23.4 Å². The molecule has 0 rings (SSSR count). The van der Waals surface area contributed by atoms with Crippen molar-refractivity contribution in [2.24, 2.45) is 0 Å². The van der Waals surface area contributed by atoms with E-state index in [0.29, 0.717) is 6.42 Å². The number of hydrogen-bond acceptors (Lipinski definition) is 5. The number of methoxy groups -OCH3 is 4. The molecule has 0 saturated heterocycles. The molecule has 0 fully saturated rings. The molecular formula is C14H32O5Si. The first kappa shape index (κ1) is 20.0. The summed E-state index contributed by atoms with van der Waals surface area (Å²) in [6.45, 7) is 11.0. The molecule has 0 aliphatic heterocycles. The second-order valence-electron chi connectivity index (χ2n) is 6.39. The summed E-state index contributed by atoms with van der Waals surface area (Å²) < 4.78 is 27.7. The van der Waals surface area contributed by atoms with Gasteiger partial charge in [0.1, 0.15) is 6.10 Å². The molecule has 0 aliphatic rings. The van der Waals surface area contributed by atoms with Crippen molar-refractivity contribution in [2.75, 3.05) is 28.4 Å². The van der Waals surface area contributed by atoms with Gasteiger partial charge in [-0.3, -0.25) is 0 Å². The van der Waals surface area contributed by atoms with E-state index in [1.807, 2.05) is 0 Å².